The van der Waals surface area contributed by atoms with E-state index in [0.29, 0.717) is 7.18 Å². The Hall–Kier alpha value is -1.71. The van der Waals surface area contributed by atoms with E-state index in [2.05, 4.69) is 85.7 Å². The molecule has 2 rings (SSSR count). The van der Waals surface area contributed by atoms with E-state index in [1.807, 2.05) is 0 Å². The first-order valence-electron chi connectivity index (χ1n) is 8.12. The van der Waals surface area contributed by atoms with Crippen LogP contribution in [-0.2, 0) is 0 Å². The van der Waals surface area contributed by atoms with Gasteiger partial charge in [-0.15, -0.1) is 0 Å². The van der Waals surface area contributed by atoms with Crippen LogP contribution >= 0.6 is 0 Å². The summed E-state index contributed by atoms with van der Waals surface area (Å²) in [4.78, 5) is 2.32. The molecule has 2 aromatic rings. The number of likely N-dealkylation sites (N-methyl/N-ethyl adjacent to an activating group) is 1. The van der Waals surface area contributed by atoms with E-state index >= 15 is 0 Å². The van der Waals surface area contributed by atoms with Crippen LogP contribution in [0.1, 0.15) is 29.7 Å². The van der Waals surface area contributed by atoms with E-state index in [1.54, 1.807) is 0 Å². The number of nitrogens with zero attached hydrogens (tertiary/aromatic N) is 1. The fourth-order valence-electron chi connectivity index (χ4n) is 2.39. The molecule has 0 amide bonds. The van der Waals surface area contributed by atoms with Gasteiger partial charge >= 0.3 is 0 Å². The third-order valence-corrected chi connectivity index (χ3v) is 3.93. The quantitative estimate of drug-likeness (QED) is 0.823. The third kappa shape index (κ3) is 6.51. The van der Waals surface area contributed by atoms with Crippen molar-refractivity contribution >= 4 is 0 Å². The zero-order chi connectivity index (χ0) is 17.1. The van der Waals surface area contributed by atoms with Gasteiger partial charge in [0.1, 0.15) is 0 Å². The topological polar surface area (TPSA) is 15.3 Å². The lowest BCUT2D eigenvalue weighted by atomic mass is 9.98. The Labute approximate surface area is 140 Å². The third-order valence-electron chi connectivity index (χ3n) is 3.93. The maximum Gasteiger partial charge on any atom is 0.0785 e. The van der Waals surface area contributed by atoms with Crippen LogP contribution in [0.25, 0.3) is 0 Å². The molecular weight excluding hydrogens is 287 g/mol. The van der Waals surface area contributed by atoms with Crippen molar-refractivity contribution in [2.24, 2.45) is 0 Å². The highest BCUT2D eigenvalue weighted by atomic mass is 19.1. The Morgan fingerprint density at radius 2 is 1.52 bits per heavy atom. The Morgan fingerprint density at radius 1 is 0.957 bits per heavy atom. The summed E-state index contributed by atoms with van der Waals surface area (Å²) in [5, 5.41) is 3.70. The zero-order valence-electron chi connectivity index (χ0n) is 14.7. The summed E-state index contributed by atoms with van der Waals surface area (Å²) in [6.45, 7) is 7.45. The average Bonchev–Trinajstić information content (AvgIpc) is 2.62. The lowest BCUT2D eigenvalue weighted by Gasteiger charge is -2.22. The van der Waals surface area contributed by atoms with Crippen LogP contribution in [0.4, 0.5) is 4.39 Å². The molecule has 2 aromatic carbocycles. The van der Waals surface area contributed by atoms with Gasteiger partial charge in [-0.25, -0.2) is 0 Å². The monoisotopic (exact) mass is 316 g/mol. The largest absolute Gasteiger partial charge is 0.305 e. The number of halogens is 1. The smallest absolute Gasteiger partial charge is 0.0785 e. The standard InChI is InChI=1S/C19H26N2.CH3F/c1-4-21(3)15-14-20-19(17-8-6-5-7-9-17)18-12-10-16(2)11-13-18;1-2/h5-13,19-20H,4,14-15H2,1-3H3;1H3. The second kappa shape index (κ2) is 10.9. The van der Waals surface area contributed by atoms with Gasteiger partial charge in [0.25, 0.3) is 0 Å². The normalized spacial score (nSPS) is 11.7. The highest BCUT2D eigenvalue weighted by Crippen LogP contribution is 2.22. The van der Waals surface area contributed by atoms with E-state index in [0.717, 1.165) is 19.6 Å². The van der Waals surface area contributed by atoms with E-state index in [4.69, 9.17) is 0 Å². The summed E-state index contributed by atoms with van der Waals surface area (Å²) in [6.07, 6.45) is 0. The van der Waals surface area contributed by atoms with Crippen LogP contribution in [0, 0.1) is 6.92 Å². The van der Waals surface area contributed by atoms with Gasteiger partial charge in [-0.05, 0) is 31.6 Å². The summed E-state index contributed by atoms with van der Waals surface area (Å²) in [6, 6.07) is 19.8. The van der Waals surface area contributed by atoms with Gasteiger partial charge in [-0.2, -0.15) is 0 Å². The molecule has 0 heterocycles. The summed E-state index contributed by atoms with van der Waals surface area (Å²) < 4.78 is 9.50. The van der Waals surface area contributed by atoms with Crippen molar-refractivity contribution in [3.8, 4) is 0 Å². The lowest BCUT2D eigenvalue weighted by Crippen LogP contribution is -2.32. The molecule has 0 saturated heterocycles. The highest BCUT2D eigenvalue weighted by Gasteiger charge is 2.13. The van der Waals surface area contributed by atoms with Gasteiger partial charge in [0.2, 0.25) is 0 Å². The first-order chi connectivity index (χ1) is 11.2. The molecule has 0 fully saturated rings. The van der Waals surface area contributed by atoms with Gasteiger partial charge in [-0.3, -0.25) is 4.39 Å². The SMILES string of the molecule is CCN(C)CCNC(c1ccccc1)c1ccc(C)cc1.CF. The van der Waals surface area contributed by atoms with Crippen molar-refractivity contribution in [3.63, 3.8) is 0 Å². The molecule has 1 unspecified atom stereocenters. The van der Waals surface area contributed by atoms with Crippen molar-refractivity contribution in [1.29, 1.82) is 0 Å². The van der Waals surface area contributed by atoms with E-state index in [-0.39, 0.29) is 6.04 Å². The first-order valence-corrected chi connectivity index (χ1v) is 8.12. The number of aryl methyl sites for hydroxylation is 1. The van der Waals surface area contributed by atoms with Crippen molar-refractivity contribution < 1.29 is 4.39 Å². The predicted molar refractivity (Wildman–Crippen MR) is 97.7 cm³/mol. The molecule has 0 spiro atoms. The summed E-state index contributed by atoms with van der Waals surface area (Å²) in [7, 11) is 2.66. The summed E-state index contributed by atoms with van der Waals surface area (Å²) in [5.41, 5.74) is 3.95. The molecule has 1 N–H and O–H groups in total. The maximum absolute atomic E-state index is 9.50. The van der Waals surface area contributed by atoms with Crippen molar-refractivity contribution in [2.45, 2.75) is 19.9 Å². The lowest BCUT2D eigenvalue weighted by molar-refractivity contribution is 0.344. The van der Waals surface area contributed by atoms with E-state index < -0.39 is 0 Å². The van der Waals surface area contributed by atoms with Crippen LogP contribution in [0.3, 0.4) is 0 Å². The number of rotatable bonds is 7. The second-order valence-corrected chi connectivity index (χ2v) is 5.60. The van der Waals surface area contributed by atoms with Gasteiger partial charge in [0.15, 0.2) is 0 Å². The minimum atomic E-state index is 0.261. The Balaban J connectivity index is 0.00000127. The van der Waals surface area contributed by atoms with Crippen molar-refractivity contribution in [3.05, 3.63) is 71.3 Å². The van der Waals surface area contributed by atoms with Gasteiger partial charge in [0, 0.05) is 13.1 Å². The predicted octanol–water partition coefficient (Wildman–Crippen LogP) is 4.21. The van der Waals surface area contributed by atoms with Crippen LogP contribution in [0.15, 0.2) is 54.6 Å². The zero-order valence-corrected chi connectivity index (χ0v) is 14.7. The maximum atomic E-state index is 9.50. The molecule has 0 aliphatic carbocycles. The van der Waals surface area contributed by atoms with Gasteiger partial charge in [0.05, 0.1) is 13.2 Å². The fourth-order valence-corrected chi connectivity index (χ4v) is 2.39. The minimum Gasteiger partial charge on any atom is -0.305 e. The molecule has 0 saturated carbocycles. The molecule has 1 atom stereocenters. The fraction of sp³-hybridized carbons (Fsp3) is 0.400. The van der Waals surface area contributed by atoms with Gasteiger partial charge < -0.3 is 10.2 Å². The van der Waals surface area contributed by atoms with Crippen molar-refractivity contribution in [2.75, 3.05) is 33.9 Å². The Bertz CT molecular complexity index is 525. The molecule has 126 valence electrons. The summed E-state index contributed by atoms with van der Waals surface area (Å²) >= 11 is 0. The Kier molecular flexibility index (Phi) is 9.18. The van der Waals surface area contributed by atoms with Crippen LogP contribution in [-0.4, -0.2) is 38.8 Å². The number of hydrogen-bond donors (Lipinski definition) is 1. The molecular formula is C20H29FN2. The van der Waals surface area contributed by atoms with Crippen LogP contribution < -0.4 is 5.32 Å². The van der Waals surface area contributed by atoms with Crippen molar-refractivity contribution in [1.82, 2.24) is 10.2 Å². The summed E-state index contributed by atoms with van der Waals surface area (Å²) in [5.74, 6) is 0. The minimum absolute atomic E-state index is 0.261. The molecule has 0 bridgehead atoms. The molecule has 2 nitrogen and oxygen atoms in total. The molecule has 0 radical (unpaired) electrons. The van der Waals surface area contributed by atoms with Crippen LogP contribution in [0.2, 0.25) is 0 Å². The second-order valence-electron chi connectivity index (χ2n) is 5.60. The number of alkyl halides is 1. The van der Waals surface area contributed by atoms with E-state index in [1.165, 1.54) is 16.7 Å². The molecule has 0 aliphatic rings. The number of nitrogens with one attached hydrogen (secondary N) is 1. The number of benzene rings is 2. The molecule has 23 heavy (non-hydrogen) atoms. The Morgan fingerprint density at radius 3 is 2.09 bits per heavy atom. The number of hydrogen-bond acceptors (Lipinski definition) is 2. The average molecular weight is 316 g/mol. The molecule has 3 heteroatoms. The molecule has 0 aliphatic heterocycles. The van der Waals surface area contributed by atoms with Gasteiger partial charge in [-0.1, -0.05) is 67.1 Å². The molecule has 0 aromatic heterocycles. The van der Waals surface area contributed by atoms with E-state index in [9.17, 15) is 4.39 Å². The highest BCUT2D eigenvalue weighted by molar-refractivity contribution is 5.33. The first kappa shape index (κ1) is 19.3. The van der Waals surface area contributed by atoms with Crippen LogP contribution in [0.5, 0.6) is 0 Å².